The van der Waals surface area contributed by atoms with Crippen LogP contribution in [0.5, 0.6) is 11.5 Å². The number of alkyl halides is 1. The first-order chi connectivity index (χ1) is 31.9. The fourth-order valence-corrected chi connectivity index (χ4v) is 9.58. The van der Waals surface area contributed by atoms with E-state index >= 15 is 4.39 Å². The largest absolute Gasteiger partial charge is 0.455 e. The summed E-state index contributed by atoms with van der Waals surface area (Å²) in [4.78, 5) is 50.1. The summed E-state index contributed by atoms with van der Waals surface area (Å²) >= 11 is 7.18. The van der Waals surface area contributed by atoms with Gasteiger partial charge in [-0.3, -0.25) is 24.5 Å². The van der Waals surface area contributed by atoms with Crippen molar-refractivity contribution in [3.05, 3.63) is 129 Å². The number of nitro benzene ring substituents is 1. The van der Waals surface area contributed by atoms with Gasteiger partial charge in [-0.1, -0.05) is 55.3 Å². The second-order valence-corrected chi connectivity index (χ2v) is 20.8. The van der Waals surface area contributed by atoms with Gasteiger partial charge in [-0.25, -0.2) is 14.2 Å². The van der Waals surface area contributed by atoms with E-state index in [0.29, 0.717) is 22.0 Å². The molecule has 1 fully saturated rings. The van der Waals surface area contributed by atoms with Crippen molar-refractivity contribution in [2.45, 2.75) is 89.3 Å². The number of likely N-dealkylation sites (tertiary alicyclic amines) is 1. The minimum absolute atomic E-state index is 0.0533. The molecule has 352 valence electrons. The molecule has 0 atom stereocenters. The highest BCUT2D eigenvalue weighted by Gasteiger charge is 2.38. The molecule has 8 rings (SSSR count). The van der Waals surface area contributed by atoms with Crippen molar-refractivity contribution in [2.75, 3.05) is 44.6 Å². The molecule has 0 saturated carbocycles. The van der Waals surface area contributed by atoms with Crippen molar-refractivity contribution in [3.63, 3.8) is 0 Å². The van der Waals surface area contributed by atoms with E-state index in [4.69, 9.17) is 21.1 Å². The first-order valence-corrected chi connectivity index (χ1v) is 23.9. The Hall–Kier alpha value is -5.90. The molecule has 1 saturated heterocycles. The zero-order valence-corrected chi connectivity index (χ0v) is 40.1. The lowest BCUT2D eigenvalue weighted by molar-refractivity contribution is -0.384. The Morgan fingerprint density at radius 1 is 0.985 bits per heavy atom. The number of anilines is 1. The van der Waals surface area contributed by atoms with E-state index in [1.54, 1.807) is 45.3 Å². The molecular weight excluding hydrogens is 893 g/mol. The average Bonchev–Trinajstić information content (AvgIpc) is 3.76. The molecule has 5 aromatic rings. The molecule has 67 heavy (non-hydrogen) atoms. The number of rotatable bonds is 13. The van der Waals surface area contributed by atoms with E-state index in [1.807, 2.05) is 36.4 Å². The number of amides is 2. The number of nitrogens with one attached hydrogen (secondary N) is 3. The SMILES string of the molecule is CC1(C)CCC(CN2CC=C(c3ccc(C(=O)NSc4ccc(NCC5(F)CCN(C(=O)OC(C)(C)C)CC5)c([N+](=O)[O-])c4)c(Oc4cnc5[nH]ccc5c4)c3)CC2)=C(c2ccc(Cl)cc2)C1. The van der Waals surface area contributed by atoms with E-state index in [-0.39, 0.29) is 54.8 Å². The summed E-state index contributed by atoms with van der Waals surface area (Å²) in [5.74, 6) is 0.326. The van der Waals surface area contributed by atoms with Gasteiger partial charge in [-0.15, -0.1) is 0 Å². The Morgan fingerprint density at radius 2 is 1.75 bits per heavy atom. The van der Waals surface area contributed by atoms with Crippen molar-refractivity contribution in [1.82, 2.24) is 24.5 Å². The third-order valence-corrected chi connectivity index (χ3v) is 13.6. The Bertz CT molecular complexity index is 2720. The van der Waals surface area contributed by atoms with Gasteiger partial charge in [0, 0.05) is 79.7 Å². The molecule has 4 heterocycles. The summed E-state index contributed by atoms with van der Waals surface area (Å²) in [5.41, 5.74) is 4.99. The molecule has 2 amide bonds. The van der Waals surface area contributed by atoms with Crippen LogP contribution in [-0.4, -0.2) is 87.2 Å². The Kier molecular flexibility index (Phi) is 14.0. The second-order valence-electron chi connectivity index (χ2n) is 19.5. The summed E-state index contributed by atoms with van der Waals surface area (Å²) in [6.45, 7) is 12.7. The van der Waals surface area contributed by atoms with Crippen LogP contribution in [0.15, 0.2) is 102 Å². The highest BCUT2D eigenvalue weighted by molar-refractivity contribution is 7.98. The maximum atomic E-state index is 15.9. The third-order valence-electron chi connectivity index (χ3n) is 12.6. The minimum atomic E-state index is -1.69. The number of ether oxygens (including phenoxy) is 2. The van der Waals surface area contributed by atoms with Crippen LogP contribution in [0.1, 0.15) is 94.6 Å². The molecule has 13 nitrogen and oxygen atoms in total. The second kappa shape index (κ2) is 19.7. The lowest BCUT2D eigenvalue weighted by Crippen LogP contribution is -2.48. The van der Waals surface area contributed by atoms with Crippen LogP contribution in [0.4, 0.5) is 20.6 Å². The number of fused-ring (bicyclic) bond motifs is 1. The fraction of sp³-hybridized carbons (Fsp3) is 0.392. The van der Waals surface area contributed by atoms with E-state index in [2.05, 4.69) is 57.0 Å². The number of H-pyrrole nitrogens is 1. The van der Waals surface area contributed by atoms with Crippen LogP contribution >= 0.6 is 23.5 Å². The minimum Gasteiger partial charge on any atom is -0.455 e. The summed E-state index contributed by atoms with van der Waals surface area (Å²) < 4.78 is 30.6. The van der Waals surface area contributed by atoms with E-state index in [0.717, 1.165) is 78.8 Å². The van der Waals surface area contributed by atoms with Crippen LogP contribution in [-0.2, 0) is 4.74 Å². The Balaban J connectivity index is 0.951. The van der Waals surface area contributed by atoms with Crippen LogP contribution in [0.25, 0.3) is 22.2 Å². The number of nitro groups is 1. The molecule has 3 aromatic carbocycles. The summed E-state index contributed by atoms with van der Waals surface area (Å²) in [7, 11) is 0. The van der Waals surface area contributed by atoms with Crippen LogP contribution in [0.3, 0.4) is 0 Å². The molecule has 0 radical (unpaired) electrons. The molecule has 0 spiro atoms. The van der Waals surface area contributed by atoms with E-state index in [1.165, 1.54) is 33.7 Å². The highest BCUT2D eigenvalue weighted by atomic mass is 35.5. The molecule has 2 aliphatic heterocycles. The molecular formula is C51H57ClFN7O6S. The van der Waals surface area contributed by atoms with Crippen molar-refractivity contribution < 1.29 is 28.4 Å². The van der Waals surface area contributed by atoms with Gasteiger partial charge >= 0.3 is 6.09 Å². The molecule has 0 bridgehead atoms. The fourth-order valence-electron chi connectivity index (χ4n) is 8.83. The third kappa shape index (κ3) is 12.0. The van der Waals surface area contributed by atoms with Gasteiger partial charge in [0.15, 0.2) is 0 Å². The van der Waals surface area contributed by atoms with Gasteiger partial charge in [-0.05, 0) is 135 Å². The number of hydrogen-bond acceptors (Lipinski definition) is 10. The number of carbonyl (C=O) groups excluding carboxylic acids is 2. The van der Waals surface area contributed by atoms with Gasteiger partial charge in [0.05, 0.1) is 16.7 Å². The maximum absolute atomic E-state index is 15.9. The maximum Gasteiger partial charge on any atom is 0.410 e. The number of allylic oxidation sites excluding steroid dienone is 1. The first kappa shape index (κ1) is 47.6. The summed E-state index contributed by atoms with van der Waals surface area (Å²) in [5, 5.41) is 16.7. The van der Waals surface area contributed by atoms with Crippen molar-refractivity contribution in [3.8, 4) is 11.5 Å². The van der Waals surface area contributed by atoms with Crippen molar-refractivity contribution in [1.29, 1.82) is 0 Å². The summed E-state index contributed by atoms with van der Waals surface area (Å²) in [6, 6.07) is 22.0. The summed E-state index contributed by atoms with van der Waals surface area (Å²) in [6.07, 6.45) is 9.32. The Morgan fingerprint density at radius 3 is 2.46 bits per heavy atom. The molecule has 0 unspecified atom stereocenters. The average molecular weight is 951 g/mol. The number of nitrogens with zero attached hydrogens (tertiary/aromatic N) is 4. The van der Waals surface area contributed by atoms with Crippen LogP contribution in [0.2, 0.25) is 5.02 Å². The monoisotopic (exact) mass is 949 g/mol. The van der Waals surface area contributed by atoms with Gasteiger partial charge < -0.3 is 24.7 Å². The molecule has 2 aromatic heterocycles. The molecule has 3 aliphatic rings. The normalized spacial score (nSPS) is 17.5. The van der Waals surface area contributed by atoms with Gasteiger partial charge in [-0.2, -0.15) is 0 Å². The highest BCUT2D eigenvalue weighted by Crippen LogP contribution is 2.44. The standard InChI is InChI=1S/C51H57ClFN7O6S/c1-49(2,3)66-48(62)59-24-19-51(53,20-25-59)32-56-43-13-11-40(28-44(43)60(63)64)67-57-47(61)41-12-8-35(27-45(41)65-39-26-36-15-21-54-46(36)55-30-39)33-16-22-58(23-17-33)31-37-14-18-50(4,5)29-42(37)34-6-9-38(52)10-7-34/h6-13,15-16,21,26-28,30,56H,14,17-20,22-25,29,31-32H2,1-5H3,(H,54,55)(H,57,61). The molecule has 3 N–H and O–H groups in total. The number of aromatic amines is 1. The van der Waals surface area contributed by atoms with Crippen LogP contribution < -0.4 is 14.8 Å². The van der Waals surface area contributed by atoms with E-state index in [9.17, 15) is 19.7 Å². The van der Waals surface area contributed by atoms with Gasteiger partial charge in [0.2, 0.25) is 0 Å². The zero-order valence-electron chi connectivity index (χ0n) is 38.5. The number of hydrogen-bond donors (Lipinski definition) is 3. The number of benzene rings is 3. The van der Waals surface area contributed by atoms with E-state index < -0.39 is 28.2 Å². The predicted octanol–water partition coefficient (Wildman–Crippen LogP) is 12.3. The zero-order chi connectivity index (χ0) is 47.5. The number of aromatic nitrogens is 2. The predicted molar refractivity (Wildman–Crippen MR) is 263 cm³/mol. The lowest BCUT2D eigenvalue weighted by Gasteiger charge is -2.37. The number of pyridine rings is 1. The van der Waals surface area contributed by atoms with Gasteiger partial charge in [0.25, 0.3) is 11.6 Å². The smallest absolute Gasteiger partial charge is 0.410 e. The van der Waals surface area contributed by atoms with Crippen molar-refractivity contribution in [2.24, 2.45) is 5.41 Å². The first-order valence-electron chi connectivity index (χ1n) is 22.7. The number of piperidine rings is 1. The number of carbonyl (C=O) groups is 2. The number of halogens is 2. The van der Waals surface area contributed by atoms with Crippen molar-refractivity contribution >= 4 is 69.1 Å². The lowest BCUT2D eigenvalue weighted by atomic mass is 9.72. The van der Waals surface area contributed by atoms with Crippen LogP contribution in [0, 0.1) is 15.5 Å². The topological polar surface area (TPSA) is 155 Å². The molecule has 16 heteroatoms. The Labute approximate surface area is 399 Å². The van der Waals surface area contributed by atoms with Gasteiger partial charge in [0.1, 0.15) is 34.1 Å². The molecule has 1 aliphatic carbocycles. The quantitative estimate of drug-likeness (QED) is 0.0590.